The number of amides is 2. The molecule has 1 fully saturated rings. The summed E-state index contributed by atoms with van der Waals surface area (Å²) in [4.78, 5) is 36.1. The zero-order valence-corrected chi connectivity index (χ0v) is 12.1. The van der Waals surface area contributed by atoms with Crippen molar-refractivity contribution in [1.29, 1.82) is 0 Å². The van der Waals surface area contributed by atoms with Gasteiger partial charge in [0, 0.05) is 19.4 Å². The number of hydrogen-bond donors (Lipinski definition) is 1. The molecule has 1 unspecified atom stereocenters. The Morgan fingerprint density at radius 1 is 1.37 bits per heavy atom. The lowest BCUT2D eigenvalue weighted by Crippen LogP contribution is -2.37. The van der Waals surface area contributed by atoms with Crippen molar-refractivity contribution >= 4 is 17.8 Å². The molecule has 5 heteroatoms. The summed E-state index contributed by atoms with van der Waals surface area (Å²) in [6.07, 6.45) is 0.909. The molecule has 1 N–H and O–H groups in total. The summed E-state index contributed by atoms with van der Waals surface area (Å²) in [6, 6.07) is 0. The Morgan fingerprint density at radius 2 is 1.95 bits per heavy atom. The first-order chi connectivity index (χ1) is 8.63. The summed E-state index contributed by atoms with van der Waals surface area (Å²) in [5, 5.41) is 8.92. The van der Waals surface area contributed by atoms with Crippen molar-refractivity contribution in [3.63, 3.8) is 0 Å². The second-order valence-corrected chi connectivity index (χ2v) is 6.46. The van der Waals surface area contributed by atoms with E-state index in [9.17, 15) is 14.4 Å². The van der Waals surface area contributed by atoms with Crippen LogP contribution in [0.5, 0.6) is 0 Å². The molecule has 0 radical (unpaired) electrons. The number of carbonyl (C=O) groups is 3. The number of imide groups is 1. The van der Waals surface area contributed by atoms with Crippen molar-refractivity contribution in [2.45, 2.75) is 47.0 Å². The van der Waals surface area contributed by atoms with E-state index in [1.807, 2.05) is 13.8 Å². The molecule has 1 aliphatic heterocycles. The number of aliphatic carboxylic acids is 1. The van der Waals surface area contributed by atoms with E-state index in [4.69, 9.17) is 5.11 Å². The maximum atomic E-state index is 12.1. The third kappa shape index (κ3) is 4.04. The molecule has 5 nitrogen and oxygen atoms in total. The summed E-state index contributed by atoms with van der Waals surface area (Å²) in [5.74, 6) is -1.08. The second kappa shape index (κ2) is 5.72. The first kappa shape index (κ1) is 15.7. The van der Waals surface area contributed by atoms with E-state index in [0.717, 1.165) is 0 Å². The van der Waals surface area contributed by atoms with Gasteiger partial charge in [-0.15, -0.1) is 0 Å². The first-order valence-corrected chi connectivity index (χ1v) is 6.70. The molecule has 0 aromatic heterocycles. The van der Waals surface area contributed by atoms with Crippen LogP contribution in [0, 0.1) is 17.3 Å². The lowest BCUT2D eigenvalue weighted by Gasteiger charge is -2.24. The van der Waals surface area contributed by atoms with Crippen molar-refractivity contribution in [1.82, 2.24) is 4.90 Å². The number of carbonyl (C=O) groups excluding carboxylic acids is 2. The number of carboxylic acids is 1. The number of rotatable bonds is 6. The Bertz CT molecular complexity index is 387. The molecule has 0 aliphatic carbocycles. The minimum atomic E-state index is -0.885. The van der Waals surface area contributed by atoms with E-state index >= 15 is 0 Å². The molecular weight excluding hydrogens is 246 g/mol. The minimum Gasteiger partial charge on any atom is -0.481 e. The summed E-state index contributed by atoms with van der Waals surface area (Å²) in [5.41, 5.74) is -0.650. The van der Waals surface area contributed by atoms with Gasteiger partial charge in [-0.25, -0.2) is 0 Å². The maximum Gasteiger partial charge on any atom is 0.303 e. The molecular formula is C14H23NO4. The van der Waals surface area contributed by atoms with E-state index in [2.05, 4.69) is 0 Å². The van der Waals surface area contributed by atoms with Gasteiger partial charge < -0.3 is 5.11 Å². The molecule has 1 saturated heterocycles. The zero-order valence-electron chi connectivity index (χ0n) is 12.1. The van der Waals surface area contributed by atoms with Crippen LogP contribution in [0.15, 0.2) is 0 Å². The molecule has 19 heavy (non-hydrogen) atoms. The van der Waals surface area contributed by atoms with Crippen LogP contribution < -0.4 is 0 Å². The molecule has 1 atom stereocenters. The predicted molar refractivity (Wildman–Crippen MR) is 70.3 cm³/mol. The SMILES string of the molecule is CC(C)CC(CC(=O)O)CN1C(=O)CC(C)(C)C1=O. The molecule has 0 saturated carbocycles. The minimum absolute atomic E-state index is 0.00430. The third-order valence-corrected chi connectivity index (χ3v) is 3.43. The van der Waals surface area contributed by atoms with Gasteiger partial charge in [0.2, 0.25) is 11.8 Å². The number of likely N-dealkylation sites (tertiary alicyclic amines) is 1. The Kier molecular flexibility index (Phi) is 4.71. The summed E-state index contributed by atoms with van der Waals surface area (Å²) in [7, 11) is 0. The quantitative estimate of drug-likeness (QED) is 0.747. The van der Waals surface area contributed by atoms with Crippen molar-refractivity contribution in [2.75, 3.05) is 6.54 Å². The number of nitrogens with zero attached hydrogens (tertiary/aromatic N) is 1. The van der Waals surface area contributed by atoms with Gasteiger partial charge in [-0.05, 0) is 18.3 Å². The van der Waals surface area contributed by atoms with Crippen LogP contribution >= 0.6 is 0 Å². The molecule has 0 aromatic rings. The monoisotopic (exact) mass is 269 g/mol. The second-order valence-electron chi connectivity index (χ2n) is 6.46. The van der Waals surface area contributed by atoms with Crippen LogP contribution in [0.1, 0.15) is 47.0 Å². The van der Waals surface area contributed by atoms with Crippen molar-refractivity contribution in [2.24, 2.45) is 17.3 Å². The highest BCUT2D eigenvalue weighted by Crippen LogP contribution is 2.33. The predicted octanol–water partition coefficient (Wildman–Crippen LogP) is 1.91. The smallest absolute Gasteiger partial charge is 0.303 e. The first-order valence-electron chi connectivity index (χ1n) is 6.70. The van der Waals surface area contributed by atoms with Gasteiger partial charge in [-0.1, -0.05) is 27.7 Å². The fourth-order valence-electron chi connectivity index (χ4n) is 2.61. The Labute approximate surface area is 114 Å². The van der Waals surface area contributed by atoms with E-state index in [-0.39, 0.29) is 37.1 Å². The van der Waals surface area contributed by atoms with Crippen molar-refractivity contribution in [3.05, 3.63) is 0 Å². The van der Waals surface area contributed by atoms with Crippen LogP contribution in [-0.4, -0.2) is 34.3 Å². The molecule has 0 spiro atoms. The van der Waals surface area contributed by atoms with Crippen molar-refractivity contribution < 1.29 is 19.5 Å². The Morgan fingerprint density at radius 3 is 2.32 bits per heavy atom. The standard InChI is InChI=1S/C14H23NO4/c1-9(2)5-10(6-12(17)18)8-15-11(16)7-14(3,4)13(15)19/h9-10H,5-8H2,1-4H3,(H,17,18). The molecule has 0 bridgehead atoms. The van der Waals surface area contributed by atoms with Gasteiger partial charge in [0.15, 0.2) is 0 Å². The number of carboxylic acid groups (broad SMARTS) is 1. The van der Waals surface area contributed by atoms with Crippen LogP contribution in [0.3, 0.4) is 0 Å². The van der Waals surface area contributed by atoms with Crippen LogP contribution in [0.25, 0.3) is 0 Å². The largest absolute Gasteiger partial charge is 0.481 e. The summed E-state index contributed by atoms with van der Waals surface area (Å²) < 4.78 is 0. The average Bonchev–Trinajstić information content (AvgIpc) is 2.38. The highest BCUT2D eigenvalue weighted by atomic mass is 16.4. The summed E-state index contributed by atoms with van der Waals surface area (Å²) in [6.45, 7) is 7.74. The lowest BCUT2D eigenvalue weighted by atomic mass is 9.91. The lowest BCUT2D eigenvalue weighted by molar-refractivity contribution is -0.144. The van der Waals surface area contributed by atoms with Crippen LogP contribution in [-0.2, 0) is 14.4 Å². The number of hydrogen-bond acceptors (Lipinski definition) is 3. The van der Waals surface area contributed by atoms with Crippen LogP contribution in [0.4, 0.5) is 0 Å². The molecule has 1 aliphatic rings. The molecule has 1 rings (SSSR count). The molecule has 2 amide bonds. The average molecular weight is 269 g/mol. The molecule has 108 valence electrons. The molecule has 1 heterocycles. The van der Waals surface area contributed by atoms with E-state index < -0.39 is 11.4 Å². The maximum absolute atomic E-state index is 12.1. The van der Waals surface area contributed by atoms with E-state index in [1.165, 1.54) is 4.90 Å². The van der Waals surface area contributed by atoms with Gasteiger partial charge in [0.25, 0.3) is 0 Å². The van der Waals surface area contributed by atoms with Gasteiger partial charge in [-0.3, -0.25) is 19.3 Å². The van der Waals surface area contributed by atoms with Gasteiger partial charge in [-0.2, -0.15) is 0 Å². The van der Waals surface area contributed by atoms with Gasteiger partial charge >= 0.3 is 5.97 Å². The summed E-state index contributed by atoms with van der Waals surface area (Å²) >= 11 is 0. The zero-order chi connectivity index (χ0) is 14.8. The van der Waals surface area contributed by atoms with Gasteiger partial charge in [0.05, 0.1) is 5.41 Å². The fourth-order valence-corrected chi connectivity index (χ4v) is 2.61. The molecule has 0 aromatic carbocycles. The topological polar surface area (TPSA) is 74.7 Å². The van der Waals surface area contributed by atoms with E-state index in [0.29, 0.717) is 12.3 Å². The fraction of sp³-hybridized carbons (Fsp3) is 0.786. The van der Waals surface area contributed by atoms with Crippen molar-refractivity contribution in [3.8, 4) is 0 Å². The Balaban J connectivity index is 2.76. The van der Waals surface area contributed by atoms with E-state index in [1.54, 1.807) is 13.8 Å². The highest BCUT2D eigenvalue weighted by Gasteiger charge is 2.45. The van der Waals surface area contributed by atoms with Crippen LogP contribution in [0.2, 0.25) is 0 Å². The van der Waals surface area contributed by atoms with Gasteiger partial charge in [0.1, 0.15) is 0 Å². The third-order valence-electron chi connectivity index (χ3n) is 3.43. The Hall–Kier alpha value is -1.39. The normalized spacial score (nSPS) is 20.2. The highest BCUT2D eigenvalue weighted by molar-refractivity contribution is 6.05.